The first-order valence-electron chi connectivity index (χ1n) is 9.17. The van der Waals surface area contributed by atoms with E-state index in [1.807, 2.05) is 32.0 Å². The van der Waals surface area contributed by atoms with Crippen LogP contribution in [0.4, 0.5) is 5.69 Å². The first kappa shape index (κ1) is 18.6. The quantitative estimate of drug-likeness (QED) is 0.422. The molecule has 1 aromatic carbocycles. The first-order chi connectivity index (χ1) is 14.0. The molecule has 144 valence electrons. The zero-order valence-electron chi connectivity index (χ0n) is 16.0. The Morgan fingerprint density at radius 3 is 2.38 bits per heavy atom. The molecule has 0 aliphatic carbocycles. The lowest BCUT2D eigenvalue weighted by Gasteiger charge is -2.25. The van der Waals surface area contributed by atoms with Crippen molar-refractivity contribution in [3.8, 4) is 0 Å². The SMILES string of the molecule is Cc1ccc(N2C(=O)C(=O)/C(=C(/O)c3ccncc3)C2c2cccnc2)cc1C. The predicted octanol–water partition coefficient (Wildman–Crippen LogP) is 3.72. The van der Waals surface area contributed by atoms with Gasteiger partial charge in [-0.3, -0.25) is 24.5 Å². The molecule has 1 aliphatic rings. The molecule has 6 nitrogen and oxygen atoms in total. The number of anilines is 1. The van der Waals surface area contributed by atoms with E-state index in [9.17, 15) is 14.7 Å². The predicted molar refractivity (Wildman–Crippen MR) is 109 cm³/mol. The summed E-state index contributed by atoms with van der Waals surface area (Å²) in [6, 6.07) is 11.5. The molecular weight excluding hydrogens is 366 g/mol. The van der Waals surface area contributed by atoms with E-state index < -0.39 is 17.7 Å². The number of hydrogen-bond donors (Lipinski definition) is 1. The summed E-state index contributed by atoms with van der Waals surface area (Å²) in [4.78, 5) is 35.5. The lowest BCUT2D eigenvalue weighted by atomic mass is 9.96. The Morgan fingerprint density at radius 1 is 0.966 bits per heavy atom. The number of nitrogens with zero attached hydrogens (tertiary/aromatic N) is 3. The highest BCUT2D eigenvalue weighted by atomic mass is 16.3. The van der Waals surface area contributed by atoms with Crippen molar-refractivity contribution in [3.63, 3.8) is 0 Å². The number of carbonyl (C=O) groups is 2. The second-order valence-electron chi connectivity index (χ2n) is 6.96. The molecule has 0 spiro atoms. The van der Waals surface area contributed by atoms with Crippen LogP contribution in [0.1, 0.15) is 28.3 Å². The number of pyridine rings is 2. The largest absolute Gasteiger partial charge is 0.507 e. The summed E-state index contributed by atoms with van der Waals surface area (Å²) >= 11 is 0. The fourth-order valence-corrected chi connectivity index (χ4v) is 3.49. The Morgan fingerprint density at radius 2 is 1.72 bits per heavy atom. The number of hydrogen-bond acceptors (Lipinski definition) is 5. The Balaban J connectivity index is 1.95. The summed E-state index contributed by atoms with van der Waals surface area (Å²) < 4.78 is 0. The highest BCUT2D eigenvalue weighted by Gasteiger charge is 2.47. The van der Waals surface area contributed by atoms with Crippen LogP contribution in [0.3, 0.4) is 0 Å². The number of carbonyl (C=O) groups excluding carboxylic acids is 2. The number of benzene rings is 1. The third-order valence-corrected chi connectivity index (χ3v) is 5.17. The second kappa shape index (κ2) is 7.31. The average Bonchev–Trinajstić information content (AvgIpc) is 3.02. The molecule has 0 saturated carbocycles. The van der Waals surface area contributed by atoms with Gasteiger partial charge >= 0.3 is 0 Å². The molecule has 2 aromatic heterocycles. The van der Waals surface area contributed by atoms with E-state index in [4.69, 9.17) is 0 Å². The van der Waals surface area contributed by atoms with E-state index in [-0.39, 0.29) is 11.3 Å². The van der Waals surface area contributed by atoms with E-state index in [1.54, 1.807) is 36.7 Å². The molecule has 0 bridgehead atoms. The Kier molecular flexibility index (Phi) is 4.68. The van der Waals surface area contributed by atoms with Gasteiger partial charge in [-0.25, -0.2) is 0 Å². The minimum absolute atomic E-state index is 0.0347. The summed E-state index contributed by atoms with van der Waals surface area (Å²) in [5.74, 6) is -1.64. The molecule has 1 amide bonds. The average molecular weight is 385 g/mol. The van der Waals surface area contributed by atoms with Crippen LogP contribution in [0.25, 0.3) is 5.76 Å². The van der Waals surface area contributed by atoms with Gasteiger partial charge in [-0.1, -0.05) is 12.1 Å². The van der Waals surface area contributed by atoms with Gasteiger partial charge in [0.25, 0.3) is 11.7 Å². The van der Waals surface area contributed by atoms with Crippen LogP contribution in [-0.2, 0) is 9.59 Å². The topological polar surface area (TPSA) is 83.4 Å². The number of aryl methyl sites for hydroxylation is 2. The molecular formula is C23H19N3O3. The van der Waals surface area contributed by atoms with Gasteiger partial charge in [0.1, 0.15) is 5.76 Å². The number of aromatic nitrogens is 2. The molecule has 0 radical (unpaired) electrons. The van der Waals surface area contributed by atoms with Gasteiger partial charge in [-0.2, -0.15) is 0 Å². The van der Waals surface area contributed by atoms with Crippen LogP contribution in [0.15, 0.2) is 72.8 Å². The molecule has 1 aliphatic heterocycles. The highest BCUT2D eigenvalue weighted by molar-refractivity contribution is 6.51. The summed E-state index contributed by atoms with van der Waals surface area (Å²) in [6.45, 7) is 3.93. The maximum atomic E-state index is 13.0. The Hall–Kier alpha value is -3.80. The van der Waals surface area contributed by atoms with Crippen molar-refractivity contribution < 1.29 is 14.7 Å². The molecule has 1 N–H and O–H groups in total. The second-order valence-corrected chi connectivity index (χ2v) is 6.96. The van der Waals surface area contributed by atoms with Crippen molar-refractivity contribution >= 4 is 23.1 Å². The maximum Gasteiger partial charge on any atom is 0.300 e. The third kappa shape index (κ3) is 3.18. The molecule has 6 heteroatoms. The zero-order chi connectivity index (χ0) is 20.5. The summed E-state index contributed by atoms with van der Waals surface area (Å²) in [7, 11) is 0. The zero-order valence-corrected chi connectivity index (χ0v) is 16.0. The van der Waals surface area contributed by atoms with Crippen molar-refractivity contribution in [3.05, 3.63) is 95.1 Å². The number of aliphatic hydroxyl groups is 1. The molecule has 1 atom stereocenters. The Labute approximate surface area is 168 Å². The lowest BCUT2D eigenvalue weighted by molar-refractivity contribution is -0.132. The van der Waals surface area contributed by atoms with E-state index in [0.29, 0.717) is 16.8 Å². The number of Topliss-reactive ketones (excluding diaryl/α,β-unsaturated/α-hetero) is 1. The lowest BCUT2D eigenvalue weighted by Crippen LogP contribution is -2.29. The summed E-state index contributed by atoms with van der Waals surface area (Å²) in [5.41, 5.74) is 3.78. The fourth-order valence-electron chi connectivity index (χ4n) is 3.49. The monoisotopic (exact) mass is 385 g/mol. The fraction of sp³-hybridized carbons (Fsp3) is 0.130. The summed E-state index contributed by atoms with van der Waals surface area (Å²) in [5, 5.41) is 10.9. The first-order valence-corrected chi connectivity index (χ1v) is 9.17. The van der Waals surface area contributed by atoms with E-state index in [2.05, 4.69) is 9.97 Å². The highest BCUT2D eigenvalue weighted by Crippen LogP contribution is 2.42. The van der Waals surface area contributed by atoms with Gasteiger partial charge < -0.3 is 5.11 Å². The van der Waals surface area contributed by atoms with Crippen LogP contribution < -0.4 is 4.90 Å². The Bertz CT molecular complexity index is 1120. The number of aliphatic hydroxyl groups excluding tert-OH is 1. The standard InChI is InChI=1S/C23H19N3O3/c1-14-5-6-18(12-15(14)2)26-20(17-4-3-9-25-13-17)19(22(28)23(26)29)21(27)16-7-10-24-11-8-16/h3-13,20,27H,1-2H3/b21-19+. The molecule has 4 rings (SSSR count). The number of ketones is 1. The number of amides is 1. The molecule has 1 unspecified atom stereocenters. The van der Waals surface area contributed by atoms with Gasteiger partial charge in [-0.15, -0.1) is 0 Å². The van der Waals surface area contributed by atoms with Crippen molar-refractivity contribution in [2.45, 2.75) is 19.9 Å². The van der Waals surface area contributed by atoms with Crippen molar-refractivity contribution in [2.75, 3.05) is 4.90 Å². The van der Waals surface area contributed by atoms with Crippen LogP contribution in [0.5, 0.6) is 0 Å². The van der Waals surface area contributed by atoms with Crippen molar-refractivity contribution in [2.24, 2.45) is 0 Å². The summed E-state index contributed by atoms with van der Waals surface area (Å²) in [6.07, 6.45) is 6.26. The minimum Gasteiger partial charge on any atom is -0.507 e. The minimum atomic E-state index is -0.779. The van der Waals surface area contributed by atoms with Crippen molar-refractivity contribution in [1.29, 1.82) is 0 Å². The van der Waals surface area contributed by atoms with Crippen LogP contribution in [-0.4, -0.2) is 26.8 Å². The van der Waals surface area contributed by atoms with E-state index in [0.717, 1.165) is 11.1 Å². The van der Waals surface area contributed by atoms with Gasteiger partial charge in [0.05, 0.1) is 11.6 Å². The third-order valence-electron chi connectivity index (χ3n) is 5.17. The smallest absolute Gasteiger partial charge is 0.300 e. The molecule has 29 heavy (non-hydrogen) atoms. The van der Waals surface area contributed by atoms with Crippen LogP contribution in [0.2, 0.25) is 0 Å². The normalized spacial score (nSPS) is 18.3. The van der Waals surface area contributed by atoms with Crippen LogP contribution in [0, 0.1) is 13.8 Å². The van der Waals surface area contributed by atoms with E-state index >= 15 is 0 Å². The van der Waals surface area contributed by atoms with Gasteiger partial charge in [0.2, 0.25) is 0 Å². The van der Waals surface area contributed by atoms with E-state index in [1.165, 1.54) is 17.3 Å². The molecule has 3 aromatic rings. The molecule has 1 saturated heterocycles. The van der Waals surface area contributed by atoms with Crippen molar-refractivity contribution in [1.82, 2.24) is 9.97 Å². The maximum absolute atomic E-state index is 13.0. The van der Waals surface area contributed by atoms with Crippen LogP contribution >= 0.6 is 0 Å². The van der Waals surface area contributed by atoms with Gasteiger partial charge in [0, 0.05) is 36.0 Å². The number of rotatable bonds is 3. The van der Waals surface area contributed by atoms with Gasteiger partial charge in [-0.05, 0) is 60.9 Å². The molecule has 3 heterocycles. The molecule has 1 fully saturated rings. The van der Waals surface area contributed by atoms with Gasteiger partial charge in [0.15, 0.2) is 0 Å².